The normalized spacial score (nSPS) is 10.6. The van der Waals surface area contributed by atoms with Crippen molar-refractivity contribution in [2.45, 2.75) is 13.8 Å². The van der Waals surface area contributed by atoms with Crippen LogP contribution in [0.4, 0.5) is 5.69 Å². The van der Waals surface area contributed by atoms with Crippen molar-refractivity contribution in [1.82, 2.24) is 0 Å². The SMILES string of the molecule is CC(C)C(=O)c1cc(Cl)c(Oc2ccc(O)cc2)cc1[N+](=O)[O-]. The number of phenols is 1. The summed E-state index contributed by atoms with van der Waals surface area (Å²) in [6, 6.07) is 8.18. The van der Waals surface area contributed by atoms with Gasteiger partial charge < -0.3 is 9.84 Å². The van der Waals surface area contributed by atoms with Gasteiger partial charge in [0.2, 0.25) is 0 Å². The van der Waals surface area contributed by atoms with Crippen molar-refractivity contribution in [3.8, 4) is 17.2 Å². The van der Waals surface area contributed by atoms with Gasteiger partial charge in [-0.1, -0.05) is 25.4 Å². The topological polar surface area (TPSA) is 89.7 Å². The third-order valence-electron chi connectivity index (χ3n) is 3.10. The van der Waals surface area contributed by atoms with Crippen LogP contribution in [0, 0.1) is 16.0 Å². The summed E-state index contributed by atoms with van der Waals surface area (Å²) in [5.74, 6) is -0.290. The molecule has 0 aliphatic rings. The number of aromatic hydroxyl groups is 1. The lowest BCUT2D eigenvalue weighted by Gasteiger charge is -2.11. The van der Waals surface area contributed by atoms with E-state index in [1.165, 1.54) is 30.3 Å². The summed E-state index contributed by atoms with van der Waals surface area (Å²) < 4.78 is 5.49. The number of nitro groups is 1. The van der Waals surface area contributed by atoms with Crippen LogP contribution in [0.1, 0.15) is 24.2 Å². The predicted molar refractivity (Wildman–Crippen MR) is 85.5 cm³/mol. The number of ether oxygens (including phenoxy) is 1. The average molecular weight is 336 g/mol. The van der Waals surface area contributed by atoms with E-state index >= 15 is 0 Å². The van der Waals surface area contributed by atoms with E-state index in [0.29, 0.717) is 5.75 Å². The van der Waals surface area contributed by atoms with Crippen LogP contribution in [-0.4, -0.2) is 15.8 Å². The van der Waals surface area contributed by atoms with Crippen LogP contribution < -0.4 is 4.74 Å². The second kappa shape index (κ2) is 6.66. The number of ketones is 1. The highest BCUT2D eigenvalue weighted by molar-refractivity contribution is 6.32. The molecule has 0 saturated heterocycles. The highest BCUT2D eigenvalue weighted by Crippen LogP contribution is 2.36. The number of nitrogens with zero attached hydrogens (tertiary/aromatic N) is 1. The van der Waals surface area contributed by atoms with E-state index in [1.54, 1.807) is 13.8 Å². The molecule has 0 aliphatic heterocycles. The van der Waals surface area contributed by atoms with Gasteiger partial charge in [0, 0.05) is 5.92 Å². The Labute approximate surface area is 137 Å². The summed E-state index contributed by atoms with van der Waals surface area (Å²) in [5.41, 5.74) is -0.407. The number of Topliss-reactive ketones (excluding diaryl/α,β-unsaturated/α-hetero) is 1. The lowest BCUT2D eigenvalue weighted by molar-refractivity contribution is -0.385. The first-order chi connectivity index (χ1) is 10.8. The van der Waals surface area contributed by atoms with Gasteiger partial charge in [-0.15, -0.1) is 0 Å². The second-order valence-electron chi connectivity index (χ2n) is 5.17. The molecule has 120 valence electrons. The van der Waals surface area contributed by atoms with E-state index in [4.69, 9.17) is 16.3 Å². The average Bonchev–Trinajstić information content (AvgIpc) is 2.50. The molecule has 23 heavy (non-hydrogen) atoms. The molecule has 0 aliphatic carbocycles. The van der Waals surface area contributed by atoms with Crippen molar-refractivity contribution in [3.05, 3.63) is 57.1 Å². The van der Waals surface area contributed by atoms with Gasteiger partial charge in [0.05, 0.1) is 21.6 Å². The number of benzene rings is 2. The molecule has 0 unspecified atom stereocenters. The molecule has 0 bridgehead atoms. The van der Waals surface area contributed by atoms with Gasteiger partial charge in [0.15, 0.2) is 11.5 Å². The Morgan fingerprint density at radius 3 is 2.39 bits per heavy atom. The van der Waals surface area contributed by atoms with Gasteiger partial charge in [0.1, 0.15) is 11.5 Å². The first-order valence-electron chi connectivity index (χ1n) is 6.78. The van der Waals surface area contributed by atoms with Gasteiger partial charge >= 0.3 is 0 Å². The Bertz CT molecular complexity index is 756. The smallest absolute Gasteiger partial charge is 0.284 e. The number of rotatable bonds is 5. The van der Waals surface area contributed by atoms with E-state index < -0.39 is 10.8 Å². The molecule has 7 heteroatoms. The molecule has 0 aromatic heterocycles. The fraction of sp³-hybridized carbons (Fsp3) is 0.188. The first kappa shape index (κ1) is 16.8. The molecule has 0 heterocycles. The third-order valence-corrected chi connectivity index (χ3v) is 3.40. The zero-order valence-electron chi connectivity index (χ0n) is 12.4. The maximum absolute atomic E-state index is 12.1. The van der Waals surface area contributed by atoms with E-state index in [1.807, 2.05) is 0 Å². The number of hydrogen-bond donors (Lipinski definition) is 1. The zero-order valence-corrected chi connectivity index (χ0v) is 13.2. The molecule has 0 spiro atoms. The van der Waals surface area contributed by atoms with Crippen molar-refractivity contribution in [2.75, 3.05) is 0 Å². The number of carbonyl (C=O) groups is 1. The van der Waals surface area contributed by atoms with Crippen molar-refractivity contribution in [1.29, 1.82) is 0 Å². The number of carbonyl (C=O) groups excluding carboxylic acids is 1. The van der Waals surface area contributed by atoms with Crippen molar-refractivity contribution >= 4 is 23.1 Å². The molecular weight excluding hydrogens is 322 g/mol. The van der Waals surface area contributed by atoms with Gasteiger partial charge in [-0.25, -0.2) is 0 Å². The molecule has 0 fully saturated rings. The van der Waals surface area contributed by atoms with E-state index in [2.05, 4.69) is 0 Å². The van der Waals surface area contributed by atoms with Crippen LogP contribution in [0.3, 0.4) is 0 Å². The van der Waals surface area contributed by atoms with Gasteiger partial charge in [0.25, 0.3) is 5.69 Å². The first-order valence-corrected chi connectivity index (χ1v) is 7.16. The predicted octanol–water partition coefficient (Wildman–Crippen LogP) is 4.58. The summed E-state index contributed by atoms with van der Waals surface area (Å²) in [6.45, 7) is 3.31. The molecule has 2 aromatic carbocycles. The molecule has 6 nitrogen and oxygen atoms in total. The molecule has 0 atom stereocenters. The number of hydrogen-bond acceptors (Lipinski definition) is 5. The van der Waals surface area contributed by atoms with Crippen molar-refractivity contribution in [3.63, 3.8) is 0 Å². The maximum Gasteiger partial charge on any atom is 0.284 e. The van der Waals surface area contributed by atoms with E-state index in [-0.39, 0.29) is 33.6 Å². The summed E-state index contributed by atoms with van der Waals surface area (Å²) >= 11 is 6.09. The van der Waals surface area contributed by atoms with Crippen LogP contribution in [0.5, 0.6) is 17.2 Å². The van der Waals surface area contributed by atoms with Crippen LogP contribution in [0.25, 0.3) is 0 Å². The van der Waals surface area contributed by atoms with Crippen LogP contribution >= 0.6 is 11.6 Å². The standard InChI is InChI=1S/C16H14ClNO5/c1-9(2)16(20)12-7-13(17)15(8-14(12)18(21)22)23-11-5-3-10(19)4-6-11/h3-9,19H,1-2H3. The van der Waals surface area contributed by atoms with Gasteiger partial charge in [-0.05, 0) is 30.3 Å². The highest BCUT2D eigenvalue weighted by atomic mass is 35.5. The summed E-state index contributed by atoms with van der Waals surface area (Å²) in [4.78, 5) is 22.7. The lowest BCUT2D eigenvalue weighted by Crippen LogP contribution is -2.10. The van der Waals surface area contributed by atoms with Crippen LogP contribution in [0.2, 0.25) is 5.02 Å². The van der Waals surface area contributed by atoms with Crippen molar-refractivity contribution < 1.29 is 19.6 Å². The Morgan fingerprint density at radius 1 is 1.26 bits per heavy atom. The number of halogens is 1. The van der Waals surface area contributed by atoms with Crippen LogP contribution in [-0.2, 0) is 0 Å². The quantitative estimate of drug-likeness (QED) is 0.490. The zero-order chi connectivity index (χ0) is 17.1. The summed E-state index contributed by atoms with van der Waals surface area (Å²) in [6.07, 6.45) is 0. The fourth-order valence-electron chi connectivity index (χ4n) is 1.92. The molecule has 2 rings (SSSR count). The Kier molecular flexibility index (Phi) is 4.86. The largest absolute Gasteiger partial charge is 0.508 e. The lowest BCUT2D eigenvalue weighted by atomic mass is 9.99. The highest BCUT2D eigenvalue weighted by Gasteiger charge is 2.25. The van der Waals surface area contributed by atoms with Crippen molar-refractivity contribution in [2.24, 2.45) is 5.92 Å². The third kappa shape index (κ3) is 3.78. The van der Waals surface area contributed by atoms with Crippen LogP contribution in [0.15, 0.2) is 36.4 Å². The van der Waals surface area contributed by atoms with E-state index in [0.717, 1.165) is 6.07 Å². The Morgan fingerprint density at radius 2 is 1.87 bits per heavy atom. The summed E-state index contributed by atoms with van der Waals surface area (Å²) in [7, 11) is 0. The second-order valence-corrected chi connectivity index (χ2v) is 5.58. The molecule has 0 amide bonds. The minimum absolute atomic E-state index is 0.0481. The Balaban J connectivity index is 2.46. The minimum atomic E-state index is -0.643. The fourth-order valence-corrected chi connectivity index (χ4v) is 2.12. The maximum atomic E-state index is 12.1. The van der Waals surface area contributed by atoms with Gasteiger partial charge in [-0.3, -0.25) is 14.9 Å². The monoisotopic (exact) mass is 335 g/mol. The molecular formula is C16H14ClNO5. The molecule has 2 aromatic rings. The molecule has 0 saturated carbocycles. The molecule has 0 radical (unpaired) electrons. The molecule has 1 N–H and O–H groups in total. The number of nitro benzene ring substituents is 1. The Hall–Kier alpha value is -2.60. The minimum Gasteiger partial charge on any atom is -0.508 e. The van der Waals surface area contributed by atoms with Gasteiger partial charge in [-0.2, -0.15) is 0 Å². The summed E-state index contributed by atoms with van der Waals surface area (Å²) in [5, 5.41) is 20.6. The number of phenolic OH excluding ortho intramolecular Hbond substituents is 1. The van der Waals surface area contributed by atoms with E-state index in [9.17, 15) is 20.0 Å².